The van der Waals surface area contributed by atoms with Gasteiger partial charge in [0.1, 0.15) is 0 Å². The van der Waals surface area contributed by atoms with Gasteiger partial charge in [0, 0.05) is 51.5 Å². The van der Waals surface area contributed by atoms with Crippen LogP contribution in [0, 0.1) is 19.8 Å². The molecule has 110 valence electrons. The van der Waals surface area contributed by atoms with Crippen molar-refractivity contribution in [3.8, 4) is 0 Å². The van der Waals surface area contributed by atoms with Crippen molar-refractivity contribution in [2.75, 3.05) is 50.7 Å². The van der Waals surface area contributed by atoms with Crippen LogP contribution >= 0.6 is 0 Å². The molecule has 0 aromatic heterocycles. The fourth-order valence-electron chi connectivity index (χ4n) is 3.52. The first-order valence-electron chi connectivity index (χ1n) is 7.97. The second kappa shape index (κ2) is 6.15. The van der Waals surface area contributed by atoms with Crippen LogP contribution in [0.3, 0.4) is 0 Å². The fourth-order valence-corrected chi connectivity index (χ4v) is 3.52. The normalized spacial score (nSPS) is 24.3. The van der Waals surface area contributed by atoms with E-state index in [0.29, 0.717) is 0 Å². The van der Waals surface area contributed by atoms with Crippen LogP contribution in [-0.4, -0.2) is 50.7 Å². The SMILES string of the molecule is Cc1ccc(C)c(N2CCC(CN3CCNCC3)C2)c1. The summed E-state index contributed by atoms with van der Waals surface area (Å²) >= 11 is 0. The van der Waals surface area contributed by atoms with E-state index < -0.39 is 0 Å². The number of aryl methyl sites for hydroxylation is 2. The van der Waals surface area contributed by atoms with E-state index in [-0.39, 0.29) is 0 Å². The summed E-state index contributed by atoms with van der Waals surface area (Å²) in [5.41, 5.74) is 4.24. The summed E-state index contributed by atoms with van der Waals surface area (Å²) in [4.78, 5) is 5.23. The third kappa shape index (κ3) is 3.15. The van der Waals surface area contributed by atoms with Gasteiger partial charge in [0.15, 0.2) is 0 Å². The van der Waals surface area contributed by atoms with Crippen LogP contribution < -0.4 is 10.2 Å². The van der Waals surface area contributed by atoms with Crippen molar-refractivity contribution in [2.45, 2.75) is 20.3 Å². The lowest BCUT2D eigenvalue weighted by atomic mass is 10.1. The summed E-state index contributed by atoms with van der Waals surface area (Å²) in [5, 5.41) is 3.44. The second-order valence-corrected chi connectivity index (χ2v) is 6.44. The van der Waals surface area contributed by atoms with Crippen molar-refractivity contribution in [2.24, 2.45) is 5.92 Å². The molecule has 0 bridgehead atoms. The van der Waals surface area contributed by atoms with E-state index in [0.717, 1.165) is 19.0 Å². The van der Waals surface area contributed by atoms with Gasteiger partial charge in [0.2, 0.25) is 0 Å². The monoisotopic (exact) mass is 273 g/mol. The highest BCUT2D eigenvalue weighted by molar-refractivity contribution is 5.55. The van der Waals surface area contributed by atoms with Gasteiger partial charge in [-0.05, 0) is 43.4 Å². The van der Waals surface area contributed by atoms with Gasteiger partial charge >= 0.3 is 0 Å². The molecule has 0 amide bonds. The van der Waals surface area contributed by atoms with E-state index in [1.54, 1.807) is 0 Å². The zero-order valence-electron chi connectivity index (χ0n) is 12.9. The Hall–Kier alpha value is -1.06. The number of benzene rings is 1. The Labute approximate surface area is 123 Å². The summed E-state index contributed by atoms with van der Waals surface area (Å²) in [6.45, 7) is 12.9. The van der Waals surface area contributed by atoms with Gasteiger partial charge in [0.05, 0.1) is 0 Å². The van der Waals surface area contributed by atoms with Gasteiger partial charge in [-0.1, -0.05) is 12.1 Å². The Balaban J connectivity index is 1.60. The molecule has 0 saturated carbocycles. The van der Waals surface area contributed by atoms with Crippen molar-refractivity contribution in [3.63, 3.8) is 0 Å². The van der Waals surface area contributed by atoms with E-state index >= 15 is 0 Å². The molecule has 3 rings (SSSR count). The predicted octanol–water partition coefficient (Wildman–Crippen LogP) is 2.03. The van der Waals surface area contributed by atoms with Gasteiger partial charge in [-0.3, -0.25) is 0 Å². The van der Waals surface area contributed by atoms with Crippen LogP contribution in [0.25, 0.3) is 0 Å². The molecule has 3 nitrogen and oxygen atoms in total. The van der Waals surface area contributed by atoms with Crippen LogP contribution in [0.1, 0.15) is 17.5 Å². The summed E-state index contributed by atoms with van der Waals surface area (Å²) in [7, 11) is 0. The van der Waals surface area contributed by atoms with Crippen molar-refractivity contribution < 1.29 is 0 Å². The first-order chi connectivity index (χ1) is 9.72. The maximum Gasteiger partial charge on any atom is 0.0398 e. The number of hydrogen-bond acceptors (Lipinski definition) is 3. The smallest absolute Gasteiger partial charge is 0.0398 e. The van der Waals surface area contributed by atoms with Crippen molar-refractivity contribution in [1.82, 2.24) is 10.2 Å². The third-order valence-corrected chi connectivity index (χ3v) is 4.72. The minimum Gasteiger partial charge on any atom is -0.371 e. The Morgan fingerprint density at radius 3 is 2.75 bits per heavy atom. The van der Waals surface area contributed by atoms with E-state index in [1.165, 1.54) is 56.0 Å². The van der Waals surface area contributed by atoms with E-state index in [2.05, 4.69) is 47.2 Å². The fraction of sp³-hybridized carbons (Fsp3) is 0.647. The summed E-state index contributed by atoms with van der Waals surface area (Å²) in [5.74, 6) is 0.841. The molecule has 2 saturated heterocycles. The van der Waals surface area contributed by atoms with Crippen molar-refractivity contribution >= 4 is 5.69 Å². The molecule has 2 aliphatic rings. The molecule has 0 radical (unpaired) electrons. The van der Waals surface area contributed by atoms with Crippen molar-refractivity contribution in [1.29, 1.82) is 0 Å². The van der Waals surface area contributed by atoms with Crippen molar-refractivity contribution in [3.05, 3.63) is 29.3 Å². The summed E-state index contributed by atoms with van der Waals surface area (Å²) in [6, 6.07) is 6.82. The minimum absolute atomic E-state index is 0.841. The zero-order valence-corrected chi connectivity index (χ0v) is 12.9. The lowest BCUT2D eigenvalue weighted by Crippen LogP contribution is -2.45. The molecule has 1 N–H and O–H groups in total. The Morgan fingerprint density at radius 1 is 1.15 bits per heavy atom. The van der Waals surface area contributed by atoms with Crippen LogP contribution in [0.4, 0.5) is 5.69 Å². The Morgan fingerprint density at radius 2 is 1.95 bits per heavy atom. The lowest BCUT2D eigenvalue weighted by Gasteiger charge is -2.29. The summed E-state index contributed by atoms with van der Waals surface area (Å²) < 4.78 is 0. The van der Waals surface area contributed by atoms with Gasteiger partial charge in [-0.15, -0.1) is 0 Å². The number of piperazine rings is 1. The van der Waals surface area contributed by atoms with E-state index in [4.69, 9.17) is 0 Å². The molecule has 1 unspecified atom stereocenters. The molecule has 2 heterocycles. The van der Waals surface area contributed by atoms with Gasteiger partial charge in [-0.2, -0.15) is 0 Å². The highest BCUT2D eigenvalue weighted by atomic mass is 15.2. The van der Waals surface area contributed by atoms with E-state index in [1.807, 2.05) is 0 Å². The molecule has 1 atom stereocenters. The molecule has 20 heavy (non-hydrogen) atoms. The molecule has 3 heteroatoms. The topological polar surface area (TPSA) is 18.5 Å². The molecule has 0 spiro atoms. The number of nitrogens with zero attached hydrogens (tertiary/aromatic N) is 2. The number of rotatable bonds is 3. The van der Waals surface area contributed by atoms with Crippen LogP contribution in [0.5, 0.6) is 0 Å². The van der Waals surface area contributed by atoms with Crippen LogP contribution in [0.2, 0.25) is 0 Å². The molecular formula is C17H27N3. The lowest BCUT2D eigenvalue weighted by molar-refractivity contribution is 0.212. The Bertz CT molecular complexity index is 452. The number of nitrogens with one attached hydrogen (secondary N) is 1. The first kappa shape index (κ1) is 13.9. The van der Waals surface area contributed by atoms with Crippen LogP contribution in [-0.2, 0) is 0 Å². The maximum absolute atomic E-state index is 3.44. The number of hydrogen-bond donors (Lipinski definition) is 1. The third-order valence-electron chi connectivity index (χ3n) is 4.72. The summed E-state index contributed by atoms with van der Waals surface area (Å²) in [6.07, 6.45) is 1.34. The molecule has 2 aliphatic heterocycles. The highest BCUT2D eigenvalue weighted by Gasteiger charge is 2.25. The second-order valence-electron chi connectivity index (χ2n) is 6.44. The average molecular weight is 273 g/mol. The highest BCUT2D eigenvalue weighted by Crippen LogP contribution is 2.28. The zero-order chi connectivity index (χ0) is 13.9. The van der Waals surface area contributed by atoms with Crippen LogP contribution in [0.15, 0.2) is 18.2 Å². The maximum atomic E-state index is 3.44. The molecule has 1 aromatic rings. The standard InChI is InChI=1S/C17H27N3/c1-14-3-4-15(2)17(11-14)20-8-5-16(13-20)12-19-9-6-18-7-10-19/h3-4,11,16,18H,5-10,12-13H2,1-2H3. The van der Waals surface area contributed by atoms with Gasteiger partial charge in [0.25, 0.3) is 0 Å². The molecule has 1 aromatic carbocycles. The molecule has 2 fully saturated rings. The quantitative estimate of drug-likeness (QED) is 0.909. The largest absolute Gasteiger partial charge is 0.371 e. The molecular weight excluding hydrogens is 246 g/mol. The Kier molecular flexibility index (Phi) is 4.27. The minimum atomic E-state index is 0.841. The van der Waals surface area contributed by atoms with Gasteiger partial charge < -0.3 is 15.1 Å². The number of anilines is 1. The predicted molar refractivity (Wildman–Crippen MR) is 85.5 cm³/mol. The first-order valence-corrected chi connectivity index (χ1v) is 7.97. The van der Waals surface area contributed by atoms with Gasteiger partial charge in [-0.25, -0.2) is 0 Å². The average Bonchev–Trinajstić information content (AvgIpc) is 2.91. The van der Waals surface area contributed by atoms with E-state index in [9.17, 15) is 0 Å². The molecule has 0 aliphatic carbocycles.